The third kappa shape index (κ3) is 3.41. The molecular weight excluding hydrogens is 311 g/mol. The molecule has 0 amide bonds. The van der Waals surface area contributed by atoms with Gasteiger partial charge in [0.2, 0.25) is 0 Å². The number of hydrogen-bond acceptors (Lipinski definition) is 2. The quantitative estimate of drug-likeness (QED) is 0.519. The van der Waals surface area contributed by atoms with Gasteiger partial charge in [-0.1, -0.05) is 62.5 Å². The molecule has 1 atom stereocenters. The van der Waals surface area contributed by atoms with E-state index in [0.717, 1.165) is 11.3 Å². The number of rotatable bonds is 4. The van der Waals surface area contributed by atoms with Gasteiger partial charge >= 0.3 is 0 Å². The summed E-state index contributed by atoms with van der Waals surface area (Å²) in [6.45, 7) is 8.74. The maximum absolute atomic E-state index is 9.59. The Balaban J connectivity index is 3.06. The van der Waals surface area contributed by atoms with Crippen molar-refractivity contribution in [2.24, 2.45) is 5.41 Å². The van der Waals surface area contributed by atoms with Crippen LogP contribution in [0.2, 0.25) is 15.1 Å². The Labute approximate surface area is 128 Å². The van der Waals surface area contributed by atoms with Crippen LogP contribution in [0.5, 0.6) is 5.75 Å². The fraction of sp³-hybridized carbons (Fsp3) is 0.538. The summed E-state index contributed by atoms with van der Waals surface area (Å²) in [5.41, 5.74) is 0.185. The minimum absolute atomic E-state index is 0.119. The summed E-state index contributed by atoms with van der Waals surface area (Å²) in [4.78, 5) is 0.804. The monoisotopic (exact) mass is 326 g/mol. The first kappa shape index (κ1) is 16.3. The van der Waals surface area contributed by atoms with Crippen LogP contribution < -0.4 is 0 Å². The number of halogens is 3. The van der Waals surface area contributed by atoms with E-state index in [2.05, 4.69) is 27.7 Å². The summed E-state index contributed by atoms with van der Waals surface area (Å²) in [5, 5.41) is 10.7. The molecule has 0 spiro atoms. The minimum Gasteiger partial charge on any atom is -0.505 e. The highest BCUT2D eigenvalue weighted by atomic mass is 35.5. The predicted molar refractivity (Wildman–Crippen MR) is 82.5 cm³/mol. The second-order valence-electron chi connectivity index (χ2n) is 4.94. The van der Waals surface area contributed by atoms with Gasteiger partial charge < -0.3 is 5.11 Å². The SMILES string of the molecule is CCC(C)(C)C(C)Sc1cc(Cl)c(O)c(Cl)c1Cl. The Bertz CT molecular complexity index is 446. The minimum atomic E-state index is -0.157. The van der Waals surface area contributed by atoms with Gasteiger partial charge in [0.15, 0.2) is 5.75 Å². The highest BCUT2D eigenvalue weighted by Crippen LogP contribution is 2.46. The lowest BCUT2D eigenvalue weighted by Gasteiger charge is -2.30. The molecule has 1 aromatic carbocycles. The Morgan fingerprint density at radius 1 is 1.28 bits per heavy atom. The van der Waals surface area contributed by atoms with Crippen molar-refractivity contribution in [3.63, 3.8) is 0 Å². The van der Waals surface area contributed by atoms with Crippen LogP contribution in [0.15, 0.2) is 11.0 Å². The summed E-state index contributed by atoms with van der Waals surface area (Å²) in [6.07, 6.45) is 1.07. The summed E-state index contributed by atoms with van der Waals surface area (Å²) >= 11 is 19.6. The van der Waals surface area contributed by atoms with E-state index in [-0.39, 0.29) is 21.2 Å². The van der Waals surface area contributed by atoms with E-state index in [9.17, 15) is 5.11 Å². The molecule has 1 aromatic rings. The van der Waals surface area contributed by atoms with E-state index in [0.29, 0.717) is 10.3 Å². The van der Waals surface area contributed by atoms with Crippen LogP contribution in [-0.2, 0) is 0 Å². The number of aromatic hydroxyl groups is 1. The van der Waals surface area contributed by atoms with Crippen molar-refractivity contribution in [2.75, 3.05) is 0 Å². The Hall–Kier alpha value is 0.240. The van der Waals surface area contributed by atoms with E-state index in [1.807, 2.05) is 0 Å². The number of thioether (sulfide) groups is 1. The molecule has 0 saturated heterocycles. The molecule has 0 fully saturated rings. The van der Waals surface area contributed by atoms with Gasteiger partial charge in [0, 0.05) is 10.1 Å². The highest BCUT2D eigenvalue weighted by Gasteiger charge is 2.26. The van der Waals surface area contributed by atoms with E-state index in [1.165, 1.54) is 0 Å². The molecule has 102 valence electrons. The molecule has 5 heteroatoms. The van der Waals surface area contributed by atoms with Gasteiger partial charge in [-0.25, -0.2) is 0 Å². The van der Waals surface area contributed by atoms with E-state index >= 15 is 0 Å². The van der Waals surface area contributed by atoms with E-state index < -0.39 is 0 Å². The van der Waals surface area contributed by atoms with Crippen molar-refractivity contribution in [3.8, 4) is 5.75 Å². The fourth-order valence-electron chi connectivity index (χ4n) is 1.29. The summed E-state index contributed by atoms with van der Waals surface area (Å²) < 4.78 is 0. The van der Waals surface area contributed by atoms with Crippen molar-refractivity contribution in [1.29, 1.82) is 0 Å². The zero-order valence-electron chi connectivity index (χ0n) is 10.9. The van der Waals surface area contributed by atoms with Crippen LogP contribution in [0.1, 0.15) is 34.1 Å². The number of phenolic OH excluding ortho intramolecular Hbond substituents is 1. The molecule has 0 aromatic heterocycles. The van der Waals surface area contributed by atoms with Crippen molar-refractivity contribution >= 4 is 46.6 Å². The van der Waals surface area contributed by atoms with Crippen molar-refractivity contribution in [1.82, 2.24) is 0 Å². The Morgan fingerprint density at radius 2 is 1.83 bits per heavy atom. The zero-order valence-corrected chi connectivity index (χ0v) is 13.9. The molecule has 0 aliphatic heterocycles. The summed E-state index contributed by atoms with van der Waals surface area (Å²) in [6, 6.07) is 1.66. The maximum Gasteiger partial charge on any atom is 0.154 e. The van der Waals surface area contributed by atoms with Gasteiger partial charge in [0.25, 0.3) is 0 Å². The molecule has 0 heterocycles. The lowest BCUT2D eigenvalue weighted by Crippen LogP contribution is -2.22. The van der Waals surface area contributed by atoms with Crippen LogP contribution >= 0.6 is 46.6 Å². The molecule has 18 heavy (non-hydrogen) atoms. The first-order valence-corrected chi connectivity index (χ1v) is 7.75. The van der Waals surface area contributed by atoms with Crippen molar-refractivity contribution < 1.29 is 5.11 Å². The predicted octanol–water partition coefficient (Wildman–Crippen LogP) is 6.27. The molecule has 0 radical (unpaired) electrons. The molecule has 1 unspecified atom stereocenters. The standard InChI is InChI=1S/C13H17Cl3OS/c1-5-13(3,4)7(2)18-9-6-8(14)12(17)11(16)10(9)15/h6-7,17H,5H2,1-4H3. The Morgan fingerprint density at radius 3 is 2.33 bits per heavy atom. The largest absolute Gasteiger partial charge is 0.505 e. The van der Waals surface area contributed by atoms with Crippen LogP contribution in [0.4, 0.5) is 0 Å². The number of hydrogen-bond donors (Lipinski definition) is 1. The average molecular weight is 328 g/mol. The van der Waals surface area contributed by atoms with Crippen molar-refractivity contribution in [3.05, 3.63) is 21.1 Å². The molecule has 1 nitrogen and oxygen atoms in total. The zero-order chi connectivity index (χ0) is 14.1. The third-order valence-electron chi connectivity index (χ3n) is 3.42. The molecular formula is C13H17Cl3OS. The third-order valence-corrected chi connectivity index (χ3v) is 6.24. The highest BCUT2D eigenvalue weighted by molar-refractivity contribution is 8.00. The second-order valence-corrected chi connectivity index (χ2v) is 7.48. The van der Waals surface area contributed by atoms with Gasteiger partial charge in [-0.15, -0.1) is 11.8 Å². The van der Waals surface area contributed by atoms with Gasteiger partial charge in [0.1, 0.15) is 5.02 Å². The topological polar surface area (TPSA) is 20.2 Å². The summed E-state index contributed by atoms with van der Waals surface area (Å²) in [5.74, 6) is -0.157. The lowest BCUT2D eigenvalue weighted by molar-refractivity contribution is 0.349. The first-order chi connectivity index (χ1) is 8.20. The lowest BCUT2D eigenvalue weighted by atomic mass is 9.87. The number of benzene rings is 1. The molecule has 0 aliphatic rings. The van der Waals surface area contributed by atoms with Crippen molar-refractivity contribution in [2.45, 2.75) is 44.3 Å². The molecule has 0 bridgehead atoms. The Kier molecular flexibility index (Phi) is 5.55. The molecule has 0 aliphatic carbocycles. The van der Waals surface area contributed by atoms with Gasteiger partial charge in [-0.3, -0.25) is 0 Å². The number of phenols is 1. The van der Waals surface area contributed by atoms with Crippen LogP contribution in [0.25, 0.3) is 0 Å². The van der Waals surface area contributed by atoms with Gasteiger partial charge in [-0.05, 0) is 17.9 Å². The van der Waals surface area contributed by atoms with Crippen LogP contribution in [0, 0.1) is 5.41 Å². The second kappa shape index (κ2) is 6.13. The molecule has 0 saturated carbocycles. The normalized spacial score (nSPS) is 13.7. The van der Waals surface area contributed by atoms with Gasteiger partial charge in [-0.2, -0.15) is 0 Å². The van der Waals surface area contributed by atoms with Gasteiger partial charge in [0.05, 0.1) is 10.0 Å². The van der Waals surface area contributed by atoms with Crippen LogP contribution in [0.3, 0.4) is 0 Å². The van der Waals surface area contributed by atoms with Crippen LogP contribution in [-0.4, -0.2) is 10.4 Å². The fourth-order valence-corrected chi connectivity index (χ4v) is 3.40. The van der Waals surface area contributed by atoms with E-state index in [4.69, 9.17) is 34.8 Å². The molecule has 1 rings (SSSR count). The van der Waals surface area contributed by atoms with E-state index in [1.54, 1.807) is 17.8 Å². The molecule has 1 N–H and O–H groups in total. The first-order valence-electron chi connectivity index (χ1n) is 5.73. The summed E-state index contributed by atoms with van der Waals surface area (Å²) in [7, 11) is 0. The smallest absolute Gasteiger partial charge is 0.154 e. The average Bonchev–Trinajstić information content (AvgIpc) is 2.33. The maximum atomic E-state index is 9.59.